The Hall–Kier alpha value is -3.05. The third-order valence-electron chi connectivity index (χ3n) is 5.15. The minimum absolute atomic E-state index is 0.165. The van der Waals surface area contributed by atoms with E-state index in [1.807, 2.05) is 36.4 Å². The van der Waals surface area contributed by atoms with E-state index in [4.69, 9.17) is 9.16 Å². The van der Waals surface area contributed by atoms with Crippen molar-refractivity contribution in [3.63, 3.8) is 0 Å². The average Bonchev–Trinajstić information content (AvgIpc) is 2.73. The molecule has 0 aliphatic heterocycles. The number of phenols is 1. The van der Waals surface area contributed by atoms with Gasteiger partial charge in [0.05, 0.1) is 12.7 Å². The largest absolute Gasteiger partial charge is 0.529 e. The maximum Gasteiger partial charge on any atom is 0.320 e. The Bertz CT molecular complexity index is 940. The van der Waals surface area contributed by atoms with Crippen molar-refractivity contribution in [1.82, 2.24) is 0 Å². The smallest absolute Gasteiger partial charge is 0.320 e. The molecule has 0 saturated carbocycles. The molecule has 0 heterocycles. The standard InChI is InChI=1S/C24H26O4Si/c1-24(2,3)29(19-11-7-5-8-12-19,20-13-9-6-10-14-20)28-23-21(27-4)16-15-18(17-25)22(23)26/h5-17,26H,1-4H3. The fourth-order valence-electron chi connectivity index (χ4n) is 3.72. The first kappa shape index (κ1) is 20.7. The number of aldehydes is 1. The van der Waals surface area contributed by atoms with Crippen LogP contribution in [0.4, 0.5) is 0 Å². The van der Waals surface area contributed by atoms with Gasteiger partial charge in [-0.3, -0.25) is 4.79 Å². The van der Waals surface area contributed by atoms with Gasteiger partial charge in [-0.15, -0.1) is 0 Å². The van der Waals surface area contributed by atoms with Crippen molar-refractivity contribution in [2.45, 2.75) is 25.8 Å². The molecule has 29 heavy (non-hydrogen) atoms. The molecule has 0 spiro atoms. The lowest BCUT2D eigenvalue weighted by atomic mass is 10.2. The highest BCUT2D eigenvalue weighted by Gasteiger charge is 2.52. The normalized spacial score (nSPS) is 11.7. The first-order chi connectivity index (χ1) is 13.8. The number of carbonyl (C=O) groups excluding carboxylic acids is 1. The number of phenolic OH excluding ortho intramolecular Hbond substituents is 1. The van der Waals surface area contributed by atoms with Crippen LogP contribution in [-0.2, 0) is 0 Å². The monoisotopic (exact) mass is 406 g/mol. The van der Waals surface area contributed by atoms with Crippen molar-refractivity contribution in [2.75, 3.05) is 7.11 Å². The van der Waals surface area contributed by atoms with E-state index in [1.165, 1.54) is 13.2 Å². The Morgan fingerprint density at radius 2 is 1.38 bits per heavy atom. The predicted octanol–water partition coefficient (Wildman–Crippen LogP) is 4.15. The van der Waals surface area contributed by atoms with Crippen LogP contribution < -0.4 is 19.5 Å². The highest BCUT2D eigenvalue weighted by molar-refractivity contribution is 7.00. The molecule has 150 valence electrons. The van der Waals surface area contributed by atoms with Gasteiger partial charge in [0.15, 0.2) is 23.5 Å². The van der Waals surface area contributed by atoms with Crippen LogP contribution in [0.2, 0.25) is 5.04 Å². The molecular weight excluding hydrogens is 380 g/mol. The molecule has 0 fully saturated rings. The average molecular weight is 407 g/mol. The van der Waals surface area contributed by atoms with Gasteiger partial charge in [0.25, 0.3) is 0 Å². The maximum absolute atomic E-state index is 11.4. The molecule has 3 rings (SSSR count). The maximum atomic E-state index is 11.4. The molecule has 0 saturated heterocycles. The van der Waals surface area contributed by atoms with Crippen LogP contribution in [-0.4, -0.2) is 26.8 Å². The lowest BCUT2D eigenvalue weighted by Crippen LogP contribution is -2.68. The van der Waals surface area contributed by atoms with Crippen molar-refractivity contribution in [2.24, 2.45) is 0 Å². The second-order valence-electron chi connectivity index (χ2n) is 7.92. The first-order valence-electron chi connectivity index (χ1n) is 9.50. The number of ether oxygens (including phenoxy) is 1. The van der Waals surface area contributed by atoms with Crippen LogP contribution in [0, 0.1) is 0 Å². The Morgan fingerprint density at radius 3 is 1.79 bits per heavy atom. The van der Waals surface area contributed by atoms with Crippen molar-refractivity contribution >= 4 is 25.0 Å². The lowest BCUT2D eigenvalue weighted by Gasteiger charge is -2.43. The number of methoxy groups -OCH3 is 1. The van der Waals surface area contributed by atoms with Crippen molar-refractivity contribution < 1.29 is 19.1 Å². The zero-order valence-corrected chi connectivity index (χ0v) is 18.2. The number of benzene rings is 3. The van der Waals surface area contributed by atoms with Gasteiger partial charge in [0.1, 0.15) is 0 Å². The van der Waals surface area contributed by atoms with Gasteiger partial charge in [-0.05, 0) is 27.5 Å². The fourth-order valence-corrected chi connectivity index (χ4v) is 8.16. The molecule has 0 amide bonds. The number of rotatable bonds is 6. The summed E-state index contributed by atoms with van der Waals surface area (Å²) in [6.07, 6.45) is 0.618. The second kappa shape index (κ2) is 8.13. The molecule has 0 aliphatic rings. The van der Waals surface area contributed by atoms with E-state index in [2.05, 4.69) is 45.0 Å². The summed E-state index contributed by atoms with van der Waals surface area (Å²) in [4.78, 5) is 11.4. The predicted molar refractivity (Wildman–Crippen MR) is 118 cm³/mol. The van der Waals surface area contributed by atoms with Crippen molar-refractivity contribution in [3.8, 4) is 17.2 Å². The fraction of sp³-hybridized carbons (Fsp3) is 0.208. The molecule has 0 radical (unpaired) electrons. The minimum Gasteiger partial charge on any atom is -0.529 e. The van der Waals surface area contributed by atoms with Gasteiger partial charge in [-0.1, -0.05) is 81.4 Å². The van der Waals surface area contributed by atoms with Gasteiger partial charge in [0.2, 0.25) is 0 Å². The van der Waals surface area contributed by atoms with Crippen LogP contribution in [0.25, 0.3) is 0 Å². The lowest BCUT2D eigenvalue weighted by molar-refractivity contribution is 0.112. The Balaban J connectivity index is 2.35. The summed E-state index contributed by atoms with van der Waals surface area (Å²) in [6, 6.07) is 23.4. The zero-order valence-electron chi connectivity index (χ0n) is 17.2. The summed E-state index contributed by atoms with van der Waals surface area (Å²) >= 11 is 0. The molecule has 0 unspecified atom stereocenters. The van der Waals surface area contributed by atoms with Gasteiger partial charge >= 0.3 is 8.32 Å². The topological polar surface area (TPSA) is 55.8 Å². The number of aromatic hydroxyl groups is 1. The Labute approximate surface area is 172 Å². The highest BCUT2D eigenvalue weighted by atomic mass is 28.4. The molecule has 0 aromatic heterocycles. The zero-order chi connectivity index (χ0) is 21.1. The molecule has 3 aromatic rings. The van der Waals surface area contributed by atoms with Gasteiger partial charge in [-0.2, -0.15) is 0 Å². The summed E-state index contributed by atoms with van der Waals surface area (Å²) < 4.78 is 12.3. The van der Waals surface area contributed by atoms with E-state index in [-0.39, 0.29) is 22.1 Å². The molecule has 1 N–H and O–H groups in total. The van der Waals surface area contributed by atoms with Crippen LogP contribution in [0.5, 0.6) is 17.2 Å². The minimum atomic E-state index is -2.96. The molecule has 0 aliphatic carbocycles. The molecule has 5 heteroatoms. The van der Waals surface area contributed by atoms with E-state index in [0.717, 1.165) is 10.4 Å². The number of carbonyl (C=O) groups is 1. The van der Waals surface area contributed by atoms with E-state index < -0.39 is 8.32 Å². The summed E-state index contributed by atoms with van der Waals surface area (Å²) in [5, 5.41) is 12.7. The van der Waals surface area contributed by atoms with Crippen molar-refractivity contribution in [1.29, 1.82) is 0 Å². The van der Waals surface area contributed by atoms with E-state index in [9.17, 15) is 9.90 Å². The van der Waals surface area contributed by atoms with E-state index >= 15 is 0 Å². The van der Waals surface area contributed by atoms with E-state index in [1.54, 1.807) is 6.07 Å². The van der Waals surface area contributed by atoms with Gasteiger partial charge in [0, 0.05) is 0 Å². The van der Waals surface area contributed by atoms with E-state index in [0.29, 0.717) is 12.0 Å². The van der Waals surface area contributed by atoms with Crippen molar-refractivity contribution in [3.05, 3.63) is 78.4 Å². The molecular formula is C24H26O4Si. The second-order valence-corrected chi connectivity index (χ2v) is 12.1. The van der Waals surface area contributed by atoms with Crippen LogP contribution in [0.3, 0.4) is 0 Å². The van der Waals surface area contributed by atoms with Crippen LogP contribution in [0.1, 0.15) is 31.1 Å². The van der Waals surface area contributed by atoms with Gasteiger partial charge < -0.3 is 14.3 Å². The Kier molecular flexibility index (Phi) is 5.80. The number of hydrogen-bond acceptors (Lipinski definition) is 4. The quantitative estimate of drug-likeness (QED) is 0.493. The summed E-state index contributed by atoms with van der Waals surface area (Å²) in [5.74, 6) is 0.389. The Morgan fingerprint density at radius 1 is 0.862 bits per heavy atom. The van der Waals surface area contributed by atoms with Crippen LogP contribution in [0.15, 0.2) is 72.8 Å². The molecule has 0 bridgehead atoms. The summed E-state index contributed by atoms with van der Waals surface area (Å²) in [7, 11) is -1.44. The number of hydrogen-bond donors (Lipinski definition) is 1. The summed E-state index contributed by atoms with van der Waals surface area (Å²) in [5.41, 5.74) is 0.165. The molecule has 4 nitrogen and oxygen atoms in total. The third-order valence-corrected chi connectivity index (χ3v) is 10.1. The SMILES string of the molecule is COc1ccc(C=O)c(O)c1O[Si](c1ccccc1)(c1ccccc1)C(C)(C)C. The summed E-state index contributed by atoms with van der Waals surface area (Å²) in [6.45, 7) is 6.44. The van der Waals surface area contributed by atoms with Gasteiger partial charge in [-0.25, -0.2) is 0 Å². The molecule has 0 atom stereocenters. The first-order valence-corrected chi connectivity index (χ1v) is 11.4. The van der Waals surface area contributed by atoms with Crippen LogP contribution >= 0.6 is 0 Å². The molecule has 3 aromatic carbocycles. The highest BCUT2D eigenvalue weighted by Crippen LogP contribution is 2.44. The third kappa shape index (κ3) is 3.66.